The lowest BCUT2D eigenvalue weighted by molar-refractivity contribution is -0.387. The fourth-order valence-electron chi connectivity index (χ4n) is 2.05. The van der Waals surface area contributed by atoms with E-state index in [0.717, 1.165) is 16.4 Å². The second-order valence-corrected chi connectivity index (χ2v) is 6.69. The second-order valence-electron chi connectivity index (χ2n) is 4.79. The summed E-state index contributed by atoms with van der Waals surface area (Å²) in [6, 6.07) is 8.00. The highest BCUT2D eigenvalue weighted by Crippen LogP contribution is 2.27. The molecule has 0 aliphatic carbocycles. The van der Waals surface area contributed by atoms with Crippen molar-refractivity contribution in [1.29, 1.82) is 0 Å². The van der Waals surface area contributed by atoms with E-state index in [1.165, 1.54) is 24.5 Å². The molecule has 2 rings (SSSR count). The monoisotopic (exact) mass is 354 g/mol. The summed E-state index contributed by atoms with van der Waals surface area (Å²) in [4.78, 5) is 20.6. The first kappa shape index (κ1) is 17.6. The summed E-state index contributed by atoms with van der Waals surface area (Å²) in [6.45, 7) is -0.570. The number of hydrogen-bond donors (Lipinski definition) is 1. The Balaban J connectivity index is 2.42. The number of carboxylic acid groups (broad SMARTS) is 1. The van der Waals surface area contributed by atoms with Crippen molar-refractivity contribution in [3.8, 4) is 0 Å². The Kier molecular flexibility index (Phi) is 5.31. The van der Waals surface area contributed by atoms with E-state index in [0.29, 0.717) is 5.76 Å². The molecule has 0 atom stereocenters. The molecule has 0 unspecified atom stereocenters. The molecular weight excluding hydrogens is 340 g/mol. The van der Waals surface area contributed by atoms with Gasteiger partial charge in [0.2, 0.25) is 10.0 Å². The quantitative estimate of drug-likeness (QED) is 0.565. The maximum absolute atomic E-state index is 12.8. The van der Waals surface area contributed by atoms with E-state index in [2.05, 4.69) is 0 Å². The van der Waals surface area contributed by atoms with Gasteiger partial charge in [0, 0.05) is 12.6 Å². The van der Waals surface area contributed by atoms with Gasteiger partial charge >= 0.3 is 5.97 Å². The summed E-state index contributed by atoms with van der Waals surface area (Å²) in [6.07, 6.45) is 0.906. The van der Waals surface area contributed by atoms with Gasteiger partial charge in [0.15, 0.2) is 4.90 Å². The maximum Gasteiger partial charge on any atom is 0.304 e. The number of aliphatic carboxylic acids is 1. The highest BCUT2D eigenvalue weighted by atomic mass is 32.2. The molecule has 1 aromatic heterocycles. The molecule has 1 N–H and O–H groups in total. The molecule has 1 aromatic carbocycles. The number of rotatable bonds is 8. The van der Waals surface area contributed by atoms with Crippen LogP contribution in [-0.4, -0.2) is 35.3 Å². The van der Waals surface area contributed by atoms with E-state index in [9.17, 15) is 23.3 Å². The lowest BCUT2D eigenvalue weighted by atomic mass is 10.3. The number of nitro groups is 1. The number of nitro benzene ring substituents is 1. The van der Waals surface area contributed by atoms with Crippen LogP contribution in [0, 0.1) is 10.1 Å². The van der Waals surface area contributed by atoms with Crippen molar-refractivity contribution in [3.63, 3.8) is 0 Å². The predicted octanol–water partition coefficient (Wildman–Crippen LogP) is 1.85. The number of sulfonamides is 1. The Bertz CT molecular complexity index is 831. The second kappa shape index (κ2) is 7.23. The van der Waals surface area contributed by atoms with Crippen molar-refractivity contribution >= 4 is 21.7 Å². The third-order valence-electron chi connectivity index (χ3n) is 3.17. The summed E-state index contributed by atoms with van der Waals surface area (Å²) in [5.74, 6) is -0.889. The van der Waals surface area contributed by atoms with Crippen molar-refractivity contribution in [3.05, 3.63) is 58.5 Å². The van der Waals surface area contributed by atoms with E-state index in [-0.39, 0.29) is 13.1 Å². The Hall–Kier alpha value is -2.72. The van der Waals surface area contributed by atoms with Gasteiger partial charge in [-0.15, -0.1) is 0 Å². The molecular formula is C14H14N2O7S. The molecule has 2 aromatic rings. The van der Waals surface area contributed by atoms with Crippen LogP contribution < -0.4 is 0 Å². The van der Waals surface area contributed by atoms with E-state index < -0.39 is 37.9 Å². The Morgan fingerprint density at radius 2 is 1.96 bits per heavy atom. The molecule has 10 heteroatoms. The standard InChI is InChI=1S/C14H14N2O7S/c17-14(18)7-8-15(10-11-4-3-9-23-11)24(21,22)13-6-2-1-5-12(13)16(19)20/h1-6,9H,7-8,10H2,(H,17,18). The molecule has 0 spiro atoms. The topological polar surface area (TPSA) is 131 Å². The van der Waals surface area contributed by atoms with Crippen LogP contribution in [0.2, 0.25) is 0 Å². The van der Waals surface area contributed by atoms with Crippen LogP contribution in [-0.2, 0) is 21.4 Å². The van der Waals surface area contributed by atoms with E-state index in [1.807, 2.05) is 0 Å². The van der Waals surface area contributed by atoms with Gasteiger partial charge in [-0.05, 0) is 18.2 Å². The first-order valence-electron chi connectivity index (χ1n) is 6.80. The Labute approximate surface area is 137 Å². The molecule has 0 amide bonds. The van der Waals surface area contributed by atoms with Crippen LogP contribution in [0.3, 0.4) is 0 Å². The molecule has 128 valence electrons. The average Bonchev–Trinajstić information content (AvgIpc) is 3.04. The molecule has 0 fully saturated rings. The maximum atomic E-state index is 12.8. The number of nitrogens with zero attached hydrogens (tertiary/aromatic N) is 2. The number of carbonyl (C=O) groups is 1. The minimum atomic E-state index is -4.28. The van der Waals surface area contributed by atoms with Gasteiger partial charge in [-0.3, -0.25) is 14.9 Å². The van der Waals surface area contributed by atoms with Crippen LogP contribution in [0.15, 0.2) is 52.0 Å². The van der Waals surface area contributed by atoms with Gasteiger partial charge in [0.1, 0.15) is 5.76 Å². The molecule has 0 bridgehead atoms. The van der Waals surface area contributed by atoms with Crippen molar-refractivity contribution in [1.82, 2.24) is 4.31 Å². The SMILES string of the molecule is O=C(O)CCN(Cc1ccco1)S(=O)(=O)c1ccccc1[N+](=O)[O-]. The predicted molar refractivity (Wildman–Crippen MR) is 81.7 cm³/mol. The molecule has 0 saturated carbocycles. The van der Waals surface area contributed by atoms with Gasteiger partial charge in [-0.25, -0.2) is 8.42 Å². The lowest BCUT2D eigenvalue weighted by Crippen LogP contribution is -2.33. The van der Waals surface area contributed by atoms with Crippen LogP contribution in [0.25, 0.3) is 0 Å². The van der Waals surface area contributed by atoms with Gasteiger partial charge in [-0.2, -0.15) is 4.31 Å². The van der Waals surface area contributed by atoms with Gasteiger partial charge in [-0.1, -0.05) is 12.1 Å². The van der Waals surface area contributed by atoms with Crippen LogP contribution >= 0.6 is 0 Å². The van der Waals surface area contributed by atoms with E-state index in [4.69, 9.17) is 9.52 Å². The zero-order chi connectivity index (χ0) is 17.7. The minimum absolute atomic E-state index is 0.228. The van der Waals surface area contributed by atoms with E-state index in [1.54, 1.807) is 6.07 Å². The number of carboxylic acids is 1. The Morgan fingerprint density at radius 1 is 1.25 bits per heavy atom. The van der Waals surface area contributed by atoms with Gasteiger partial charge in [0.05, 0.1) is 24.2 Å². The summed E-state index contributed by atoms with van der Waals surface area (Å²) >= 11 is 0. The first-order valence-corrected chi connectivity index (χ1v) is 8.24. The van der Waals surface area contributed by atoms with Gasteiger partial charge < -0.3 is 9.52 Å². The highest BCUT2D eigenvalue weighted by Gasteiger charge is 2.32. The van der Waals surface area contributed by atoms with Crippen LogP contribution in [0.4, 0.5) is 5.69 Å². The normalized spacial score (nSPS) is 11.5. The molecule has 0 aliphatic heterocycles. The number of para-hydroxylation sites is 1. The number of hydrogen-bond acceptors (Lipinski definition) is 6. The fraction of sp³-hybridized carbons (Fsp3) is 0.214. The molecule has 1 heterocycles. The lowest BCUT2D eigenvalue weighted by Gasteiger charge is -2.20. The number of furan rings is 1. The summed E-state index contributed by atoms with van der Waals surface area (Å²) in [7, 11) is -4.28. The van der Waals surface area contributed by atoms with Crippen molar-refractivity contribution < 1.29 is 27.7 Å². The van der Waals surface area contributed by atoms with Crippen molar-refractivity contribution in [2.45, 2.75) is 17.9 Å². The largest absolute Gasteiger partial charge is 0.481 e. The molecule has 9 nitrogen and oxygen atoms in total. The summed E-state index contributed by atoms with van der Waals surface area (Å²) < 4.78 is 31.5. The molecule has 0 radical (unpaired) electrons. The first-order chi connectivity index (χ1) is 11.3. The highest BCUT2D eigenvalue weighted by molar-refractivity contribution is 7.89. The fourth-order valence-corrected chi connectivity index (χ4v) is 3.61. The average molecular weight is 354 g/mol. The Morgan fingerprint density at radius 3 is 2.54 bits per heavy atom. The van der Waals surface area contributed by atoms with Crippen LogP contribution in [0.5, 0.6) is 0 Å². The third kappa shape index (κ3) is 3.97. The van der Waals surface area contributed by atoms with Crippen LogP contribution in [0.1, 0.15) is 12.2 Å². The zero-order valence-corrected chi connectivity index (χ0v) is 13.2. The van der Waals surface area contributed by atoms with Gasteiger partial charge in [0.25, 0.3) is 5.69 Å². The van der Waals surface area contributed by atoms with Crippen molar-refractivity contribution in [2.24, 2.45) is 0 Å². The van der Waals surface area contributed by atoms with E-state index >= 15 is 0 Å². The zero-order valence-electron chi connectivity index (χ0n) is 12.4. The third-order valence-corrected chi connectivity index (χ3v) is 5.06. The smallest absolute Gasteiger partial charge is 0.304 e. The minimum Gasteiger partial charge on any atom is -0.481 e. The number of benzene rings is 1. The summed E-state index contributed by atoms with van der Waals surface area (Å²) in [5.41, 5.74) is -0.572. The summed E-state index contributed by atoms with van der Waals surface area (Å²) in [5, 5.41) is 19.9. The van der Waals surface area contributed by atoms with Crippen molar-refractivity contribution in [2.75, 3.05) is 6.54 Å². The molecule has 24 heavy (non-hydrogen) atoms. The molecule has 0 aliphatic rings. The molecule has 0 saturated heterocycles.